The van der Waals surface area contributed by atoms with Crippen molar-refractivity contribution in [3.63, 3.8) is 0 Å². The minimum Gasteiger partial charge on any atom is -0.353 e. The van der Waals surface area contributed by atoms with Gasteiger partial charge in [0.1, 0.15) is 0 Å². The van der Waals surface area contributed by atoms with Crippen molar-refractivity contribution in [3.8, 4) is 0 Å². The van der Waals surface area contributed by atoms with Crippen LogP contribution in [-0.2, 0) is 4.79 Å². The van der Waals surface area contributed by atoms with Crippen molar-refractivity contribution in [2.75, 3.05) is 6.54 Å². The van der Waals surface area contributed by atoms with E-state index >= 15 is 0 Å². The summed E-state index contributed by atoms with van der Waals surface area (Å²) in [5.74, 6) is 1.71. The first-order valence-corrected chi connectivity index (χ1v) is 7.52. The standard InChI is InChI=1S/C15H28N2O/c1-11-6-12(2)8-13(7-11)17-14(18)9-15(10-16)4-3-5-15/h11-13H,3-10,16H2,1-2H3,(H,17,18). The molecule has 0 radical (unpaired) electrons. The van der Waals surface area contributed by atoms with Gasteiger partial charge in [0.15, 0.2) is 0 Å². The molecule has 1 amide bonds. The van der Waals surface area contributed by atoms with E-state index in [0.717, 1.165) is 37.5 Å². The molecule has 0 spiro atoms. The van der Waals surface area contributed by atoms with Crippen molar-refractivity contribution in [3.05, 3.63) is 0 Å². The molecule has 0 heterocycles. The molecule has 2 saturated carbocycles. The van der Waals surface area contributed by atoms with Crippen molar-refractivity contribution in [2.45, 2.75) is 64.8 Å². The van der Waals surface area contributed by atoms with Crippen molar-refractivity contribution in [1.29, 1.82) is 0 Å². The van der Waals surface area contributed by atoms with Gasteiger partial charge in [0.05, 0.1) is 0 Å². The Labute approximate surface area is 111 Å². The number of nitrogens with one attached hydrogen (secondary N) is 1. The highest BCUT2D eigenvalue weighted by atomic mass is 16.1. The zero-order valence-corrected chi connectivity index (χ0v) is 11.9. The first-order chi connectivity index (χ1) is 8.53. The van der Waals surface area contributed by atoms with Crippen LogP contribution in [0.1, 0.15) is 58.8 Å². The molecule has 0 aromatic heterocycles. The van der Waals surface area contributed by atoms with E-state index in [1.807, 2.05) is 0 Å². The predicted molar refractivity (Wildman–Crippen MR) is 74.1 cm³/mol. The Hall–Kier alpha value is -0.570. The van der Waals surface area contributed by atoms with Crippen LogP contribution in [0.2, 0.25) is 0 Å². The van der Waals surface area contributed by atoms with Gasteiger partial charge in [-0.1, -0.05) is 20.3 Å². The summed E-state index contributed by atoms with van der Waals surface area (Å²) in [7, 11) is 0. The number of hydrogen-bond donors (Lipinski definition) is 2. The lowest BCUT2D eigenvalue weighted by Gasteiger charge is -2.41. The van der Waals surface area contributed by atoms with Gasteiger partial charge in [0.25, 0.3) is 0 Å². The Balaban J connectivity index is 1.80. The third kappa shape index (κ3) is 3.25. The molecule has 0 aliphatic heterocycles. The molecule has 0 aromatic carbocycles. The lowest BCUT2D eigenvalue weighted by atomic mass is 9.66. The summed E-state index contributed by atoms with van der Waals surface area (Å²) in [6.07, 6.45) is 7.74. The maximum Gasteiger partial charge on any atom is 0.220 e. The average molecular weight is 252 g/mol. The minimum absolute atomic E-state index is 0.135. The van der Waals surface area contributed by atoms with Crippen molar-refractivity contribution in [2.24, 2.45) is 23.0 Å². The molecule has 0 bridgehead atoms. The van der Waals surface area contributed by atoms with E-state index in [0.29, 0.717) is 19.0 Å². The molecule has 0 aromatic rings. The van der Waals surface area contributed by atoms with E-state index < -0.39 is 0 Å². The van der Waals surface area contributed by atoms with E-state index in [1.54, 1.807) is 0 Å². The molecule has 2 fully saturated rings. The van der Waals surface area contributed by atoms with Crippen molar-refractivity contribution >= 4 is 5.91 Å². The number of nitrogens with two attached hydrogens (primary N) is 1. The van der Waals surface area contributed by atoms with E-state index in [1.165, 1.54) is 12.8 Å². The van der Waals surface area contributed by atoms with Crippen LogP contribution in [-0.4, -0.2) is 18.5 Å². The molecule has 0 saturated heterocycles. The average Bonchev–Trinajstić information content (AvgIpc) is 2.21. The third-order valence-corrected chi connectivity index (χ3v) is 4.93. The molecular weight excluding hydrogens is 224 g/mol. The van der Waals surface area contributed by atoms with Gasteiger partial charge < -0.3 is 11.1 Å². The number of amides is 1. The highest BCUT2D eigenvalue weighted by Gasteiger charge is 2.38. The summed E-state index contributed by atoms with van der Waals surface area (Å²) >= 11 is 0. The highest BCUT2D eigenvalue weighted by Crippen LogP contribution is 2.43. The number of rotatable bonds is 4. The Morgan fingerprint density at radius 2 is 1.83 bits per heavy atom. The maximum absolute atomic E-state index is 12.1. The summed E-state index contributed by atoms with van der Waals surface area (Å²) in [6.45, 7) is 5.25. The third-order valence-electron chi connectivity index (χ3n) is 4.93. The predicted octanol–water partition coefficient (Wildman–Crippen LogP) is 2.45. The summed E-state index contributed by atoms with van der Waals surface area (Å²) in [5.41, 5.74) is 5.95. The van der Waals surface area contributed by atoms with Crippen molar-refractivity contribution in [1.82, 2.24) is 5.32 Å². The monoisotopic (exact) mass is 252 g/mol. The maximum atomic E-state index is 12.1. The SMILES string of the molecule is CC1CC(C)CC(NC(=O)CC2(CN)CCC2)C1. The number of carbonyl (C=O) groups is 1. The van der Waals surface area contributed by atoms with Crippen LogP contribution in [0.4, 0.5) is 0 Å². The fourth-order valence-corrected chi connectivity index (χ4v) is 3.81. The summed E-state index contributed by atoms with van der Waals surface area (Å²) < 4.78 is 0. The second-order valence-corrected chi connectivity index (χ2v) is 6.92. The van der Waals surface area contributed by atoms with E-state index in [-0.39, 0.29) is 11.3 Å². The molecule has 2 rings (SSSR count). The van der Waals surface area contributed by atoms with Crippen LogP contribution < -0.4 is 11.1 Å². The molecule has 2 atom stereocenters. The molecule has 2 unspecified atom stereocenters. The van der Waals surface area contributed by atoms with Gasteiger partial charge in [-0.25, -0.2) is 0 Å². The Kier molecular flexibility index (Phi) is 4.31. The molecule has 18 heavy (non-hydrogen) atoms. The Morgan fingerprint density at radius 1 is 1.22 bits per heavy atom. The zero-order chi connectivity index (χ0) is 13.2. The summed E-state index contributed by atoms with van der Waals surface area (Å²) in [5, 5.41) is 3.24. The van der Waals surface area contributed by atoms with Crippen molar-refractivity contribution < 1.29 is 4.79 Å². The molecule has 2 aliphatic rings. The normalized spacial score (nSPS) is 34.7. The Bertz CT molecular complexity index is 283. The quantitative estimate of drug-likeness (QED) is 0.807. The van der Waals surface area contributed by atoms with Gasteiger partial charge >= 0.3 is 0 Å². The van der Waals surface area contributed by atoms with Crippen LogP contribution >= 0.6 is 0 Å². The lowest BCUT2D eigenvalue weighted by Crippen LogP contribution is -2.45. The molecule has 3 nitrogen and oxygen atoms in total. The largest absolute Gasteiger partial charge is 0.353 e. The number of carbonyl (C=O) groups excluding carboxylic acids is 1. The van der Waals surface area contributed by atoms with Gasteiger partial charge in [0.2, 0.25) is 5.91 Å². The lowest BCUT2D eigenvalue weighted by molar-refractivity contribution is -0.125. The molecule has 104 valence electrons. The fourth-order valence-electron chi connectivity index (χ4n) is 3.81. The molecule has 2 aliphatic carbocycles. The zero-order valence-electron chi connectivity index (χ0n) is 11.9. The molecular formula is C15H28N2O. The van der Waals surface area contributed by atoms with Gasteiger partial charge in [-0.2, -0.15) is 0 Å². The van der Waals surface area contributed by atoms with Crippen LogP contribution in [0.3, 0.4) is 0 Å². The summed E-state index contributed by atoms with van der Waals surface area (Å²) in [4.78, 5) is 12.1. The van der Waals surface area contributed by atoms with E-state index in [9.17, 15) is 4.79 Å². The second kappa shape index (κ2) is 5.60. The van der Waals surface area contributed by atoms with E-state index in [2.05, 4.69) is 19.2 Å². The van der Waals surface area contributed by atoms with Gasteiger partial charge in [0, 0.05) is 12.5 Å². The van der Waals surface area contributed by atoms with Gasteiger partial charge in [-0.3, -0.25) is 4.79 Å². The van der Waals surface area contributed by atoms with Crippen LogP contribution in [0.25, 0.3) is 0 Å². The molecule has 3 heteroatoms. The van der Waals surface area contributed by atoms with E-state index in [4.69, 9.17) is 5.73 Å². The minimum atomic E-state index is 0.135. The van der Waals surface area contributed by atoms with Gasteiger partial charge in [-0.15, -0.1) is 0 Å². The topological polar surface area (TPSA) is 55.1 Å². The summed E-state index contributed by atoms with van der Waals surface area (Å²) in [6, 6.07) is 0.395. The fraction of sp³-hybridized carbons (Fsp3) is 0.933. The van der Waals surface area contributed by atoms with Crippen LogP contribution in [0.15, 0.2) is 0 Å². The Morgan fingerprint density at radius 3 is 2.28 bits per heavy atom. The van der Waals surface area contributed by atoms with Crippen LogP contribution in [0, 0.1) is 17.3 Å². The highest BCUT2D eigenvalue weighted by molar-refractivity contribution is 5.77. The smallest absolute Gasteiger partial charge is 0.220 e. The first kappa shape index (κ1) is 13.9. The van der Waals surface area contributed by atoms with Crippen LogP contribution in [0.5, 0.6) is 0 Å². The first-order valence-electron chi connectivity index (χ1n) is 7.52. The van der Waals surface area contributed by atoms with Gasteiger partial charge in [-0.05, 0) is 55.9 Å². The molecule has 3 N–H and O–H groups in total. The second-order valence-electron chi connectivity index (χ2n) is 6.92. The number of hydrogen-bond acceptors (Lipinski definition) is 2.